The molecule has 0 aliphatic carbocycles. The van der Waals surface area contributed by atoms with Gasteiger partial charge >= 0.3 is 5.97 Å². The quantitative estimate of drug-likeness (QED) is 0.709. The van der Waals surface area contributed by atoms with Crippen LogP contribution in [0.5, 0.6) is 0 Å². The highest BCUT2D eigenvalue weighted by Gasteiger charge is 2.36. The van der Waals surface area contributed by atoms with Crippen molar-refractivity contribution in [1.29, 1.82) is 0 Å². The zero-order valence-corrected chi connectivity index (χ0v) is 15.0. The molecule has 4 heteroatoms. The van der Waals surface area contributed by atoms with Crippen molar-refractivity contribution >= 4 is 5.97 Å². The summed E-state index contributed by atoms with van der Waals surface area (Å²) >= 11 is 0. The maximum Gasteiger partial charge on any atom is 0.322 e. The fraction of sp³-hybridized carbons (Fsp3) is 0.632. The van der Waals surface area contributed by atoms with Crippen LogP contribution in [0.4, 0.5) is 0 Å². The number of nitrogens with two attached hydrogens (primary N) is 1. The van der Waals surface area contributed by atoms with E-state index in [4.69, 9.17) is 15.2 Å². The monoisotopic (exact) mass is 321 g/mol. The zero-order valence-electron chi connectivity index (χ0n) is 15.0. The molecule has 0 aromatic heterocycles. The van der Waals surface area contributed by atoms with Gasteiger partial charge in [0, 0.05) is 12.5 Å². The molecule has 0 heterocycles. The largest absolute Gasteiger partial charge is 0.461 e. The third-order valence-corrected chi connectivity index (χ3v) is 4.11. The molecule has 130 valence electrons. The minimum atomic E-state index is -0.616. The van der Waals surface area contributed by atoms with Gasteiger partial charge in [-0.05, 0) is 46.1 Å². The summed E-state index contributed by atoms with van der Waals surface area (Å²) in [5.74, 6) is -0.332. The van der Waals surface area contributed by atoms with Gasteiger partial charge in [-0.25, -0.2) is 0 Å². The van der Waals surface area contributed by atoms with Gasteiger partial charge in [0.05, 0.1) is 5.60 Å². The van der Waals surface area contributed by atoms with E-state index in [-0.39, 0.29) is 18.0 Å². The highest BCUT2D eigenvalue weighted by atomic mass is 16.5. The summed E-state index contributed by atoms with van der Waals surface area (Å²) in [4.78, 5) is 11.9. The number of carbonyl (C=O) groups excluding carboxylic acids is 1. The fourth-order valence-electron chi connectivity index (χ4n) is 2.69. The van der Waals surface area contributed by atoms with Crippen LogP contribution < -0.4 is 5.73 Å². The van der Waals surface area contributed by atoms with Gasteiger partial charge in [0.15, 0.2) is 0 Å². The van der Waals surface area contributed by atoms with E-state index in [1.165, 1.54) is 5.56 Å². The van der Waals surface area contributed by atoms with Gasteiger partial charge < -0.3 is 15.2 Å². The van der Waals surface area contributed by atoms with Crippen molar-refractivity contribution in [3.63, 3.8) is 0 Å². The lowest BCUT2D eigenvalue weighted by molar-refractivity contribution is -0.160. The maximum atomic E-state index is 11.9. The summed E-state index contributed by atoms with van der Waals surface area (Å²) in [7, 11) is 0. The van der Waals surface area contributed by atoms with E-state index in [1.807, 2.05) is 25.1 Å². The SMILES string of the molecule is CCCOC(C)(C)[C@@H](Cc1ccccc1)[C@H](C)OC(=O)[C@H](C)N. The van der Waals surface area contributed by atoms with Gasteiger partial charge in [0.1, 0.15) is 12.1 Å². The normalized spacial score (nSPS) is 15.7. The van der Waals surface area contributed by atoms with Gasteiger partial charge in [0.2, 0.25) is 0 Å². The van der Waals surface area contributed by atoms with E-state index in [1.54, 1.807) is 6.92 Å². The Kier molecular flexibility index (Phi) is 7.73. The number of carbonyl (C=O) groups is 1. The number of hydrogen-bond donors (Lipinski definition) is 1. The average molecular weight is 321 g/mol. The molecule has 0 saturated carbocycles. The first kappa shape index (κ1) is 19.7. The number of ether oxygens (including phenoxy) is 2. The second kappa shape index (κ2) is 9.04. The van der Waals surface area contributed by atoms with Crippen LogP contribution >= 0.6 is 0 Å². The molecule has 2 N–H and O–H groups in total. The lowest BCUT2D eigenvalue weighted by Gasteiger charge is -2.38. The zero-order chi connectivity index (χ0) is 17.5. The third kappa shape index (κ3) is 6.32. The summed E-state index contributed by atoms with van der Waals surface area (Å²) in [6, 6.07) is 9.59. The molecule has 0 saturated heterocycles. The third-order valence-electron chi connectivity index (χ3n) is 4.11. The summed E-state index contributed by atoms with van der Waals surface area (Å²) in [5, 5.41) is 0. The van der Waals surface area contributed by atoms with E-state index >= 15 is 0 Å². The second-order valence-electron chi connectivity index (χ2n) is 6.68. The van der Waals surface area contributed by atoms with Crippen LogP contribution in [0, 0.1) is 5.92 Å². The highest BCUT2D eigenvalue weighted by molar-refractivity contribution is 5.75. The van der Waals surface area contributed by atoms with Crippen LogP contribution in [0.2, 0.25) is 0 Å². The predicted molar refractivity (Wildman–Crippen MR) is 93.2 cm³/mol. The molecule has 1 aromatic rings. The highest BCUT2D eigenvalue weighted by Crippen LogP contribution is 2.30. The molecule has 0 aliphatic rings. The Morgan fingerprint density at radius 2 is 1.83 bits per heavy atom. The van der Waals surface area contributed by atoms with Crippen molar-refractivity contribution < 1.29 is 14.3 Å². The maximum absolute atomic E-state index is 11.9. The number of hydrogen-bond acceptors (Lipinski definition) is 4. The topological polar surface area (TPSA) is 61.5 Å². The fourth-order valence-corrected chi connectivity index (χ4v) is 2.69. The Labute approximate surface area is 140 Å². The van der Waals surface area contributed by atoms with Crippen LogP contribution in [-0.2, 0) is 20.7 Å². The first-order valence-corrected chi connectivity index (χ1v) is 8.42. The van der Waals surface area contributed by atoms with Gasteiger partial charge in [0.25, 0.3) is 0 Å². The van der Waals surface area contributed by atoms with Gasteiger partial charge in [-0.2, -0.15) is 0 Å². The van der Waals surface area contributed by atoms with Crippen molar-refractivity contribution in [3.05, 3.63) is 35.9 Å². The molecule has 4 nitrogen and oxygen atoms in total. The van der Waals surface area contributed by atoms with Gasteiger partial charge in [-0.3, -0.25) is 4.79 Å². The molecule has 1 rings (SSSR count). The van der Waals surface area contributed by atoms with Crippen LogP contribution in [-0.4, -0.2) is 30.3 Å². The lowest BCUT2D eigenvalue weighted by atomic mass is 9.81. The predicted octanol–water partition coefficient (Wildman–Crippen LogP) is 3.33. The van der Waals surface area contributed by atoms with E-state index < -0.39 is 11.6 Å². The van der Waals surface area contributed by atoms with Crippen LogP contribution in [0.1, 0.15) is 46.6 Å². The van der Waals surface area contributed by atoms with Crippen molar-refractivity contribution in [3.8, 4) is 0 Å². The Morgan fingerprint density at radius 3 is 2.35 bits per heavy atom. The molecule has 0 aliphatic heterocycles. The first-order valence-electron chi connectivity index (χ1n) is 8.42. The van der Waals surface area contributed by atoms with Crippen molar-refractivity contribution in [2.24, 2.45) is 11.7 Å². The van der Waals surface area contributed by atoms with Crippen molar-refractivity contribution in [2.75, 3.05) is 6.61 Å². The van der Waals surface area contributed by atoms with Crippen molar-refractivity contribution in [1.82, 2.24) is 0 Å². The second-order valence-corrected chi connectivity index (χ2v) is 6.68. The number of rotatable bonds is 9. The molecular formula is C19H31NO3. The minimum Gasteiger partial charge on any atom is -0.461 e. The molecule has 0 fully saturated rings. The Morgan fingerprint density at radius 1 is 1.22 bits per heavy atom. The van der Waals surface area contributed by atoms with Crippen LogP contribution in [0.15, 0.2) is 30.3 Å². The Bertz CT molecular complexity index is 471. The van der Waals surface area contributed by atoms with E-state index in [2.05, 4.69) is 32.9 Å². The molecule has 0 spiro atoms. The van der Waals surface area contributed by atoms with Gasteiger partial charge in [-0.15, -0.1) is 0 Å². The van der Waals surface area contributed by atoms with E-state index in [9.17, 15) is 4.79 Å². The Hall–Kier alpha value is -1.39. The first-order chi connectivity index (χ1) is 10.8. The smallest absolute Gasteiger partial charge is 0.322 e. The molecule has 0 radical (unpaired) electrons. The standard InChI is InChI=1S/C19H31NO3/c1-6-12-22-19(4,5)17(13-16-10-8-7-9-11-16)15(3)23-18(21)14(2)20/h7-11,14-15,17H,6,12-13,20H2,1-5H3/t14-,15-,17-/m0/s1. The summed E-state index contributed by atoms with van der Waals surface area (Å²) < 4.78 is 11.6. The average Bonchev–Trinajstić information content (AvgIpc) is 2.51. The number of esters is 1. The summed E-state index contributed by atoms with van der Waals surface area (Å²) in [6.45, 7) is 10.5. The molecule has 1 aromatic carbocycles. The van der Waals surface area contributed by atoms with Gasteiger partial charge in [-0.1, -0.05) is 37.3 Å². The molecule has 0 bridgehead atoms. The summed E-state index contributed by atoms with van der Waals surface area (Å²) in [5.41, 5.74) is 6.42. The van der Waals surface area contributed by atoms with Crippen LogP contribution in [0.3, 0.4) is 0 Å². The van der Waals surface area contributed by atoms with Crippen molar-refractivity contribution in [2.45, 2.75) is 65.2 Å². The summed E-state index contributed by atoms with van der Waals surface area (Å²) in [6.07, 6.45) is 1.46. The van der Waals surface area contributed by atoms with E-state index in [0.717, 1.165) is 12.8 Å². The van der Waals surface area contributed by atoms with E-state index in [0.29, 0.717) is 6.61 Å². The molecule has 3 atom stereocenters. The molecule has 0 amide bonds. The number of benzene rings is 1. The lowest BCUT2D eigenvalue weighted by Crippen LogP contribution is -2.45. The van der Waals surface area contributed by atoms with Crippen LogP contribution in [0.25, 0.3) is 0 Å². The molecule has 23 heavy (non-hydrogen) atoms. The Balaban J connectivity index is 2.93. The minimum absolute atomic E-state index is 0.0409. The molecule has 0 unspecified atom stereocenters. The molecular weight excluding hydrogens is 290 g/mol.